The predicted octanol–water partition coefficient (Wildman–Crippen LogP) is 2.92. The number of fused-ring (bicyclic) bond motifs is 1. The normalized spacial score (nSPS) is 25.0. The molecule has 4 rings (SSSR count). The molecule has 2 aliphatic carbocycles. The zero-order valence-corrected chi connectivity index (χ0v) is 13.2. The number of benzene rings is 1. The molecule has 2 unspecified atom stereocenters. The minimum absolute atomic E-state index is 0.148. The van der Waals surface area contributed by atoms with E-state index in [0.717, 1.165) is 11.3 Å². The molecule has 120 valence electrons. The smallest absolute Gasteiger partial charge is 0.229 e. The first-order valence-electron chi connectivity index (χ1n) is 8.22. The molecule has 2 aromatic rings. The number of rotatable bonds is 5. The molecular formula is C18H21N3O2. The lowest BCUT2D eigenvalue weighted by molar-refractivity contribution is -0.118. The number of methoxy groups -OCH3 is 1. The number of carbonyl (C=O) groups is 1. The summed E-state index contributed by atoms with van der Waals surface area (Å²) in [6.07, 6.45) is 5.62. The summed E-state index contributed by atoms with van der Waals surface area (Å²) < 4.78 is 7.00. The minimum atomic E-state index is 0.148. The maximum absolute atomic E-state index is 12.3. The third-order valence-corrected chi connectivity index (χ3v) is 5.10. The summed E-state index contributed by atoms with van der Waals surface area (Å²) in [6.45, 7) is 0.675. The van der Waals surface area contributed by atoms with Crippen molar-refractivity contribution in [3.63, 3.8) is 0 Å². The number of nitrogens with one attached hydrogen (secondary N) is 1. The van der Waals surface area contributed by atoms with Crippen LogP contribution >= 0.6 is 0 Å². The zero-order valence-electron chi connectivity index (χ0n) is 13.2. The highest BCUT2D eigenvalue weighted by Crippen LogP contribution is 2.57. The second-order valence-corrected chi connectivity index (χ2v) is 6.52. The van der Waals surface area contributed by atoms with Gasteiger partial charge in [-0.05, 0) is 42.4 Å². The molecule has 2 saturated carbocycles. The molecule has 1 aromatic heterocycles. The van der Waals surface area contributed by atoms with Crippen molar-refractivity contribution in [3.05, 3.63) is 42.1 Å². The maximum atomic E-state index is 12.3. The van der Waals surface area contributed by atoms with Crippen LogP contribution in [0.4, 0.5) is 5.82 Å². The molecule has 2 atom stereocenters. The molecule has 23 heavy (non-hydrogen) atoms. The second kappa shape index (κ2) is 5.72. The van der Waals surface area contributed by atoms with Crippen molar-refractivity contribution in [1.82, 2.24) is 9.78 Å². The van der Waals surface area contributed by atoms with E-state index in [1.165, 1.54) is 19.3 Å². The molecule has 0 spiro atoms. The van der Waals surface area contributed by atoms with Gasteiger partial charge in [0.15, 0.2) is 5.82 Å². The van der Waals surface area contributed by atoms with E-state index in [1.54, 1.807) is 7.11 Å². The van der Waals surface area contributed by atoms with Crippen molar-refractivity contribution in [2.75, 3.05) is 12.4 Å². The van der Waals surface area contributed by atoms with Gasteiger partial charge in [-0.1, -0.05) is 18.6 Å². The van der Waals surface area contributed by atoms with Crippen LogP contribution in [0.3, 0.4) is 0 Å². The molecule has 0 saturated heterocycles. The Balaban J connectivity index is 1.35. The number of nitrogens with zero attached hydrogens (tertiary/aromatic N) is 2. The first-order chi connectivity index (χ1) is 11.2. The van der Waals surface area contributed by atoms with Crippen LogP contribution in [-0.4, -0.2) is 22.8 Å². The van der Waals surface area contributed by atoms with Crippen LogP contribution in [0.2, 0.25) is 0 Å². The average molecular weight is 311 g/mol. The quantitative estimate of drug-likeness (QED) is 0.923. The SMILES string of the molecule is COc1ccc(Cn2ccc(NC(=O)C3C4CCCC43)n2)cc1. The summed E-state index contributed by atoms with van der Waals surface area (Å²) >= 11 is 0. The molecule has 1 heterocycles. The number of amides is 1. The summed E-state index contributed by atoms with van der Waals surface area (Å²) in [5, 5.41) is 7.41. The van der Waals surface area contributed by atoms with Crippen LogP contribution in [0.5, 0.6) is 5.75 Å². The Bertz CT molecular complexity index is 697. The van der Waals surface area contributed by atoms with Crippen LogP contribution in [0.1, 0.15) is 24.8 Å². The van der Waals surface area contributed by atoms with Crippen molar-refractivity contribution in [3.8, 4) is 5.75 Å². The fourth-order valence-corrected chi connectivity index (χ4v) is 3.85. The number of aromatic nitrogens is 2. The third-order valence-electron chi connectivity index (χ3n) is 5.10. The summed E-state index contributed by atoms with van der Waals surface area (Å²) in [5.41, 5.74) is 1.14. The standard InChI is InChI=1S/C18H21N3O2/c1-23-13-7-5-12(6-8-13)11-21-10-9-16(20-21)19-18(22)17-14-3-2-4-15(14)17/h5-10,14-15,17H,2-4,11H2,1H3,(H,19,20,22). The Kier molecular flexibility index (Phi) is 3.56. The molecule has 5 heteroatoms. The van der Waals surface area contributed by atoms with E-state index in [0.29, 0.717) is 24.2 Å². The second-order valence-electron chi connectivity index (χ2n) is 6.52. The molecule has 5 nitrogen and oxygen atoms in total. The van der Waals surface area contributed by atoms with Crippen LogP contribution in [0, 0.1) is 17.8 Å². The number of ether oxygens (including phenoxy) is 1. The molecule has 0 aliphatic heterocycles. The molecule has 2 aliphatic rings. The van der Waals surface area contributed by atoms with Gasteiger partial charge in [-0.25, -0.2) is 0 Å². The minimum Gasteiger partial charge on any atom is -0.497 e. The fraction of sp³-hybridized carbons (Fsp3) is 0.444. The number of hydrogen-bond acceptors (Lipinski definition) is 3. The molecule has 2 fully saturated rings. The van der Waals surface area contributed by atoms with Crippen LogP contribution < -0.4 is 10.1 Å². The summed E-state index contributed by atoms with van der Waals surface area (Å²) in [6, 6.07) is 9.77. The van der Waals surface area contributed by atoms with E-state index in [9.17, 15) is 4.79 Å². The largest absolute Gasteiger partial charge is 0.497 e. The topological polar surface area (TPSA) is 56.1 Å². The molecule has 0 bridgehead atoms. The van der Waals surface area contributed by atoms with Crippen molar-refractivity contribution >= 4 is 11.7 Å². The Labute approximate surface area is 135 Å². The van der Waals surface area contributed by atoms with Crippen molar-refractivity contribution in [2.24, 2.45) is 17.8 Å². The van der Waals surface area contributed by atoms with Gasteiger partial charge in [-0.15, -0.1) is 0 Å². The Morgan fingerprint density at radius 2 is 2.00 bits per heavy atom. The molecule has 1 amide bonds. The first kappa shape index (κ1) is 14.3. The molecule has 1 aromatic carbocycles. The Morgan fingerprint density at radius 3 is 2.70 bits per heavy atom. The van der Waals surface area contributed by atoms with Gasteiger partial charge in [0.2, 0.25) is 5.91 Å². The highest BCUT2D eigenvalue weighted by molar-refractivity contribution is 5.94. The van der Waals surface area contributed by atoms with E-state index in [4.69, 9.17) is 4.74 Å². The first-order valence-corrected chi connectivity index (χ1v) is 8.22. The predicted molar refractivity (Wildman–Crippen MR) is 87.3 cm³/mol. The van der Waals surface area contributed by atoms with Gasteiger partial charge in [0, 0.05) is 18.2 Å². The van der Waals surface area contributed by atoms with Crippen LogP contribution in [-0.2, 0) is 11.3 Å². The van der Waals surface area contributed by atoms with Gasteiger partial charge in [0.1, 0.15) is 5.75 Å². The van der Waals surface area contributed by atoms with Gasteiger partial charge < -0.3 is 10.1 Å². The number of carbonyl (C=O) groups excluding carboxylic acids is 1. The van der Waals surface area contributed by atoms with Gasteiger partial charge in [0.05, 0.1) is 13.7 Å². The van der Waals surface area contributed by atoms with Crippen LogP contribution in [0.15, 0.2) is 36.5 Å². The van der Waals surface area contributed by atoms with Crippen LogP contribution in [0.25, 0.3) is 0 Å². The van der Waals surface area contributed by atoms with Gasteiger partial charge >= 0.3 is 0 Å². The van der Waals surface area contributed by atoms with Crippen molar-refractivity contribution in [2.45, 2.75) is 25.8 Å². The average Bonchev–Trinajstić information content (AvgIpc) is 2.90. The van der Waals surface area contributed by atoms with Gasteiger partial charge in [-0.3, -0.25) is 9.48 Å². The molecular weight excluding hydrogens is 290 g/mol. The number of anilines is 1. The Hall–Kier alpha value is -2.30. The lowest BCUT2D eigenvalue weighted by Crippen LogP contribution is -2.17. The monoisotopic (exact) mass is 311 g/mol. The lowest BCUT2D eigenvalue weighted by atomic mass is 10.1. The van der Waals surface area contributed by atoms with E-state index in [-0.39, 0.29) is 11.8 Å². The number of hydrogen-bond donors (Lipinski definition) is 1. The van der Waals surface area contributed by atoms with Gasteiger partial charge in [-0.2, -0.15) is 5.10 Å². The highest BCUT2D eigenvalue weighted by Gasteiger charge is 2.56. The van der Waals surface area contributed by atoms with Gasteiger partial charge in [0.25, 0.3) is 0 Å². The lowest BCUT2D eigenvalue weighted by Gasteiger charge is -2.05. The highest BCUT2D eigenvalue weighted by atomic mass is 16.5. The third kappa shape index (κ3) is 2.83. The molecule has 1 N–H and O–H groups in total. The molecule has 0 radical (unpaired) electrons. The Morgan fingerprint density at radius 1 is 1.26 bits per heavy atom. The summed E-state index contributed by atoms with van der Waals surface area (Å²) in [7, 11) is 1.66. The summed E-state index contributed by atoms with van der Waals surface area (Å²) in [5.74, 6) is 3.14. The van der Waals surface area contributed by atoms with E-state index in [1.807, 2.05) is 41.2 Å². The summed E-state index contributed by atoms with van der Waals surface area (Å²) in [4.78, 5) is 12.3. The maximum Gasteiger partial charge on any atom is 0.229 e. The van der Waals surface area contributed by atoms with Crippen molar-refractivity contribution in [1.29, 1.82) is 0 Å². The van der Waals surface area contributed by atoms with E-state index < -0.39 is 0 Å². The van der Waals surface area contributed by atoms with E-state index >= 15 is 0 Å². The van der Waals surface area contributed by atoms with E-state index in [2.05, 4.69) is 10.4 Å². The zero-order chi connectivity index (χ0) is 15.8. The fourth-order valence-electron chi connectivity index (χ4n) is 3.85. The van der Waals surface area contributed by atoms with Crippen molar-refractivity contribution < 1.29 is 9.53 Å².